The Balaban J connectivity index is 2.19. The summed E-state index contributed by atoms with van der Waals surface area (Å²) < 4.78 is 0. The van der Waals surface area contributed by atoms with Crippen molar-refractivity contribution in [3.05, 3.63) is 41.5 Å². The molecule has 0 radical (unpaired) electrons. The Morgan fingerprint density at radius 1 is 1.22 bits per heavy atom. The summed E-state index contributed by atoms with van der Waals surface area (Å²) >= 11 is 1.47. The van der Waals surface area contributed by atoms with Crippen molar-refractivity contribution in [1.82, 2.24) is 4.98 Å². The number of aromatic nitrogens is 1. The maximum atomic E-state index is 12.1. The molecule has 0 aliphatic carbocycles. The fourth-order valence-corrected chi connectivity index (χ4v) is 2.56. The molecule has 1 aromatic carbocycles. The van der Waals surface area contributed by atoms with Crippen molar-refractivity contribution >= 4 is 17.1 Å². The summed E-state index contributed by atoms with van der Waals surface area (Å²) in [5, 5.41) is 0.615. The molecule has 0 aliphatic heterocycles. The van der Waals surface area contributed by atoms with Crippen LogP contribution in [0.4, 0.5) is 0 Å². The second-order valence-corrected chi connectivity index (χ2v) is 6.59. The Kier molecular flexibility index (Phi) is 3.62. The lowest BCUT2D eigenvalue weighted by Crippen LogP contribution is -2.12. The molecule has 0 N–H and O–H groups in total. The second kappa shape index (κ2) is 5.02. The third-order valence-electron chi connectivity index (χ3n) is 2.49. The van der Waals surface area contributed by atoms with Crippen LogP contribution >= 0.6 is 11.3 Å². The first-order valence-electron chi connectivity index (χ1n) is 6.00. The number of thiazole rings is 1. The number of carbonyl (C=O) groups excluding carboxylic acids is 1. The standard InChI is InChI=1S/C15H17NOS/c1-15(2,3)9-12(17)14-16-10-13(18-14)11-7-5-4-6-8-11/h4-8,10H,9H2,1-3H3. The van der Waals surface area contributed by atoms with E-state index < -0.39 is 0 Å². The van der Waals surface area contributed by atoms with E-state index in [1.54, 1.807) is 6.20 Å². The highest BCUT2D eigenvalue weighted by Gasteiger charge is 2.19. The van der Waals surface area contributed by atoms with Crippen LogP contribution in [0.15, 0.2) is 36.5 Å². The molecule has 2 rings (SSSR count). The van der Waals surface area contributed by atoms with Crippen LogP contribution in [0.5, 0.6) is 0 Å². The van der Waals surface area contributed by atoms with Gasteiger partial charge < -0.3 is 0 Å². The van der Waals surface area contributed by atoms with E-state index in [0.29, 0.717) is 11.4 Å². The summed E-state index contributed by atoms with van der Waals surface area (Å²) in [5.74, 6) is 0.134. The fourth-order valence-electron chi connectivity index (χ4n) is 1.70. The van der Waals surface area contributed by atoms with Crippen molar-refractivity contribution in [2.75, 3.05) is 0 Å². The molecule has 0 atom stereocenters. The first-order chi connectivity index (χ1) is 8.46. The Bertz CT molecular complexity index is 537. The van der Waals surface area contributed by atoms with Gasteiger partial charge in [0.25, 0.3) is 0 Å². The zero-order valence-electron chi connectivity index (χ0n) is 10.9. The molecular formula is C15H17NOS. The number of benzene rings is 1. The van der Waals surface area contributed by atoms with E-state index in [1.807, 2.05) is 30.3 Å². The van der Waals surface area contributed by atoms with Crippen LogP contribution in [0, 0.1) is 5.41 Å². The van der Waals surface area contributed by atoms with Crippen molar-refractivity contribution < 1.29 is 4.79 Å². The Hall–Kier alpha value is -1.48. The third-order valence-corrected chi connectivity index (χ3v) is 3.58. The van der Waals surface area contributed by atoms with E-state index in [-0.39, 0.29) is 11.2 Å². The number of hydrogen-bond acceptors (Lipinski definition) is 3. The summed E-state index contributed by atoms with van der Waals surface area (Å²) in [7, 11) is 0. The molecular weight excluding hydrogens is 242 g/mol. The van der Waals surface area contributed by atoms with Crippen molar-refractivity contribution in [3.8, 4) is 10.4 Å². The molecule has 0 bridgehead atoms. The van der Waals surface area contributed by atoms with E-state index in [9.17, 15) is 4.79 Å². The van der Waals surface area contributed by atoms with Crippen molar-refractivity contribution in [2.24, 2.45) is 5.41 Å². The van der Waals surface area contributed by atoms with E-state index in [1.165, 1.54) is 11.3 Å². The number of ketones is 1. The van der Waals surface area contributed by atoms with Gasteiger partial charge in [0, 0.05) is 12.6 Å². The molecule has 0 spiro atoms. The molecule has 0 fully saturated rings. The molecule has 0 amide bonds. The molecule has 0 aliphatic rings. The van der Waals surface area contributed by atoms with Crippen LogP contribution in [0.2, 0.25) is 0 Å². The van der Waals surface area contributed by atoms with Gasteiger partial charge >= 0.3 is 0 Å². The summed E-state index contributed by atoms with van der Waals surface area (Å²) in [4.78, 5) is 17.3. The molecule has 0 saturated carbocycles. The lowest BCUT2D eigenvalue weighted by atomic mass is 9.90. The average Bonchev–Trinajstić information content (AvgIpc) is 2.77. The van der Waals surface area contributed by atoms with E-state index in [4.69, 9.17) is 0 Å². The zero-order valence-corrected chi connectivity index (χ0v) is 11.8. The maximum Gasteiger partial charge on any atom is 0.191 e. The van der Waals surface area contributed by atoms with E-state index in [2.05, 4.69) is 25.8 Å². The maximum absolute atomic E-state index is 12.1. The number of Topliss-reactive ketones (excluding diaryl/α,β-unsaturated/α-hetero) is 1. The first kappa shape index (κ1) is 13.0. The topological polar surface area (TPSA) is 30.0 Å². The number of rotatable bonds is 3. The van der Waals surface area contributed by atoms with E-state index >= 15 is 0 Å². The predicted octanol–water partition coefficient (Wildman–Crippen LogP) is 4.43. The monoisotopic (exact) mass is 259 g/mol. The Labute approximate surface area is 112 Å². The van der Waals surface area contributed by atoms with Gasteiger partial charge in [-0.15, -0.1) is 11.3 Å². The second-order valence-electron chi connectivity index (χ2n) is 5.56. The highest BCUT2D eigenvalue weighted by molar-refractivity contribution is 7.17. The van der Waals surface area contributed by atoms with Gasteiger partial charge in [0.1, 0.15) is 0 Å². The van der Waals surface area contributed by atoms with Gasteiger partial charge in [0.2, 0.25) is 0 Å². The lowest BCUT2D eigenvalue weighted by molar-refractivity contribution is 0.0939. The van der Waals surface area contributed by atoms with Gasteiger partial charge in [-0.05, 0) is 11.0 Å². The highest BCUT2D eigenvalue weighted by Crippen LogP contribution is 2.28. The van der Waals surface area contributed by atoms with Gasteiger partial charge in [0.05, 0.1) is 4.88 Å². The predicted molar refractivity (Wildman–Crippen MR) is 76.0 cm³/mol. The van der Waals surface area contributed by atoms with Crippen molar-refractivity contribution in [3.63, 3.8) is 0 Å². The molecule has 1 heterocycles. The minimum atomic E-state index is 0.00959. The molecule has 0 unspecified atom stereocenters. The van der Waals surface area contributed by atoms with Gasteiger partial charge in [-0.3, -0.25) is 4.79 Å². The van der Waals surface area contributed by atoms with Crippen LogP contribution in [-0.2, 0) is 0 Å². The van der Waals surface area contributed by atoms with Gasteiger partial charge in [0.15, 0.2) is 10.8 Å². The van der Waals surface area contributed by atoms with Crippen molar-refractivity contribution in [1.29, 1.82) is 0 Å². The minimum absolute atomic E-state index is 0.00959. The average molecular weight is 259 g/mol. The van der Waals surface area contributed by atoms with Crippen LogP contribution in [0.1, 0.15) is 37.0 Å². The van der Waals surface area contributed by atoms with Gasteiger partial charge in [-0.25, -0.2) is 4.98 Å². The molecule has 2 aromatic rings. The number of nitrogens with zero attached hydrogens (tertiary/aromatic N) is 1. The molecule has 2 nitrogen and oxygen atoms in total. The third kappa shape index (κ3) is 3.26. The smallest absolute Gasteiger partial charge is 0.191 e. The zero-order chi connectivity index (χ0) is 13.2. The quantitative estimate of drug-likeness (QED) is 0.763. The number of hydrogen-bond donors (Lipinski definition) is 0. The van der Waals surface area contributed by atoms with Gasteiger partial charge in [-0.2, -0.15) is 0 Å². The van der Waals surface area contributed by atoms with Gasteiger partial charge in [-0.1, -0.05) is 51.1 Å². The molecule has 0 saturated heterocycles. The Morgan fingerprint density at radius 2 is 1.89 bits per heavy atom. The largest absolute Gasteiger partial charge is 0.291 e. The molecule has 3 heteroatoms. The van der Waals surface area contributed by atoms with Crippen LogP contribution < -0.4 is 0 Å². The van der Waals surface area contributed by atoms with Crippen LogP contribution in [-0.4, -0.2) is 10.8 Å². The molecule has 1 aromatic heterocycles. The summed E-state index contributed by atoms with van der Waals surface area (Å²) in [6.07, 6.45) is 2.32. The highest BCUT2D eigenvalue weighted by atomic mass is 32.1. The summed E-state index contributed by atoms with van der Waals surface area (Å²) in [6.45, 7) is 6.20. The number of carbonyl (C=O) groups is 1. The summed E-state index contributed by atoms with van der Waals surface area (Å²) in [5.41, 5.74) is 1.13. The lowest BCUT2D eigenvalue weighted by Gasteiger charge is -2.15. The summed E-state index contributed by atoms with van der Waals surface area (Å²) in [6, 6.07) is 10.0. The van der Waals surface area contributed by atoms with Crippen LogP contribution in [0.25, 0.3) is 10.4 Å². The SMILES string of the molecule is CC(C)(C)CC(=O)c1ncc(-c2ccccc2)s1. The normalized spacial score (nSPS) is 11.5. The Morgan fingerprint density at radius 3 is 2.50 bits per heavy atom. The van der Waals surface area contributed by atoms with E-state index in [0.717, 1.165) is 10.4 Å². The fraction of sp³-hybridized carbons (Fsp3) is 0.333. The van der Waals surface area contributed by atoms with Crippen molar-refractivity contribution in [2.45, 2.75) is 27.2 Å². The van der Waals surface area contributed by atoms with Crippen LogP contribution in [0.3, 0.4) is 0 Å². The minimum Gasteiger partial charge on any atom is -0.291 e. The molecule has 94 valence electrons. The first-order valence-corrected chi connectivity index (χ1v) is 6.82. The molecule has 18 heavy (non-hydrogen) atoms.